The highest BCUT2D eigenvalue weighted by molar-refractivity contribution is 7.89. The molecule has 0 spiro atoms. The molecule has 0 aliphatic carbocycles. The van der Waals surface area contributed by atoms with Gasteiger partial charge in [-0.3, -0.25) is 4.21 Å². The molecule has 0 saturated carbocycles. The van der Waals surface area contributed by atoms with Crippen LogP contribution >= 0.6 is 0 Å². The molecule has 7 heteroatoms. The average Bonchev–Trinajstić information content (AvgIpc) is 2.27. The molecule has 2 atom stereocenters. The van der Waals surface area contributed by atoms with Crippen LogP contribution in [-0.4, -0.2) is 30.7 Å². The zero-order valence-electron chi connectivity index (χ0n) is 11.3. The number of rotatable bonds is 6. The van der Waals surface area contributed by atoms with Crippen LogP contribution < -0.4 is 10.5 Å². The van der Waals surface area contributed by atoms with Crippen molar-refractivity contribution < 1.29 is 12.6 Å². The lowest BCUT2D eigenvalue weighted by molar-refractivity contribution is 0.578. The monoisotopic (exact) mass is 304 g/mol. The first-order chi connectivity index (χ1) is 8.74. The van der Waals surface area contributed by atoms with Crippen molar-refractivity contribution in [2.75, 3.05) is 18.5 Å². The van der Waals surface area contributed by atoms with Gasteiger partial charge in [-0.1, -0.05) is 13.0 Å². The molecule has 19 heavy (non-hydrogen) atoms. The van der Waals surface area contributed by atoms with E-state index in [0.717, 1.165) is 5.56 Å². The van der Waals surface area contributed by atoms with Crippen molar-refractivity contribution in [1.82, 2.24) is 4.72 Å². The molecule has 1 aromatic carbocycles. The maximum absolute atomic E-state index is 12.0. The number of nitrogens with one attached hydrogen (secondary N) is 1. The van der Waals surface area contributed by atoms with Gasteiger partial charge in [0.05, 0.1) is 5.69 Å². The molecule has 0 heterocycles. The van der Waals surface area contributed by atoms with Crippen LogP contribution in [0.1, 0.15) is 18.9 Å². The summed E-state index contributed by atoms with van der Waals surface area (Å²) in [7, 11) is -4.55. The summed E-state index contributed by atoms with van der Waals surface area (Å²) in [5.74, 6) is 0. The number of hydrogen-bond donors (Lipinski definition) is 2. The standard InChI is InChI=1S/C12H20N2O3S2/c1-9-4-5-12(11(13)8-9)19(16,17)14-7-6-10(2)18(3)15/h4-5,8,10,14H,6-7,13H2,1-3H3. The van der Waals surface area contributed by atoms with Gasteiger partial charge in [-0.25, -0.2) is 13.1 Å². The summed E-state index contributed by atoms with van der Waals surface area (Å²) in [6.07, 6.45) is 2.13. The number of benzene rings is 1. The third kappa shape index (κ3) is 4.59. The van der Waals surface area contributed by atoms with Gasteiger partial charge >= 0.3 is 0 Å². The minimum atomic E-state index is -3.60. The minimum Gasteiger partial charge on any atom is -0.398 e. The Kier molecular flexibility index (Phi) is 5.51. The number of anilines is 1. The van der Waals surface area contributed by atoms with E-state index in [9.17, 15) is 12.6 Å². The lowest BCUT2D eigenvalue weighted by atomic mass is 10.2. The zero-order valence-corrected chi connectivity index (χ0v) is 13.0. The third-order valence-corrected chi connectivity index (χ3v) is 5.77. The molecule has 1 rings (SSSR count). The molecule has 0 aliphatic rings. The maximum atomic E-state index is 12.0. The quantitative estimate of drug-likeness (QED) is 0.768. The van der Waals surface area contributed by atoms with Gasteiger partial charge in [0, 0.05) is 28.9 Å². The van der Waals surface area contributed by atoms with E-state index in [2.05, 4.69) is 4.72 Å². The second-order valence-corrected chi connectivity index (χ2v) is 8.07. The predicted octanol–water partition coefficient (Wildman–Crippen LogP) is 1.01. The number of aryl methyl sites for hydroxylation is 1. The number of sulfonamides is 1. The Balaban J connectivity index is 2.74. The van der Waals surface area contributed by atoms with Crippen LogP contribution in [0.3, 0.4) is 0 Å². The third-order valence-electron chi connectivity index (χ3n) is 2.86. The van der Waals surface area contributed by atoms with Gasteiger partial charge in [0.15, 0.2) is 0 Å². The zero-order chi connectivity index (χ0) is 14.6. The molecule has 0 bridgehead atoms. The Morgan fingerprint density at radius 2 is 2.05 bits per heavy atom. The number of hydrogen-bond acceptors (Lipinski definition) is 4. The average molecular weight is 304 g/mol. The summed E-state index contributed by atoms with van der Waals surface area (Å²) in [4.78, 5) is 0.0865. The van der Waals surface area contributed by atoms with Crippen molar-refractivity contribution in [2.24, 2.45) is 0 Å². The highest BCUT2D eigenvalue weighted by Gasteiger charge is 2.17. The second-order valence-electron chi connectivity index (χ2n) is 4.54. The van der Waals surface area contributed by atoms with Crippen molar-refractivity contribution >= 4 is 26.5 Å². The fourth-order valence-corrected chi connectivity index (χ4v) is 3.16. The van der Waals surface area contributed by atoms with Crippen LogP contribution in [0.4, 0.5) is 5.69 Å². The highest BCUT2D eigenvalue weighted by atomic mass is 32.2. The summed E-state index contributed by atoms with van der Waals surface area (Å²) in [6, 6.07) is 4.82. The molecule has 0 aromatic heterocycles. The Morgan fingerprint density at radius 3 is 2.58 bits per heavy atom. The van der Waals surface area contributed by atoms with Gasteiger partial charge < -0.3 is 5.73 Å². The number of nitrogens with two attached hydrogens (primary N) is 1. The van der Waals surface area contributed by atoms with Crippen LogP contribution in [0.5, 0.6) is 0 Å². The van der Waals surface area contributed by atoms with E-state index in [1.807, 2.05) is 13.8 Å². The SMILES string of the molecule is Cc1ccc(S(=O)(=O)NCCC(C)S(C)=O)c(N)c1. The van der Waals surface area contributed by atoms with Gasteiger partial charge in [-0.15, -0.1) is 0 Å². The van der Waals surface area contributed by atoms with Gasteiger partial charge in [-0.05, 0) is 31.0 Å². The van der Waals surface area contributed by atoms with Crippen molar-refractivity contribution in [1.29, 1.82) is 0 Å². The van der Waals surface area contributed by atoms with Crippen LogP contribution in [0, 0.1) is 6.92 Å². The van der Waals surface area contributed by atoms with Gasteiger partial charge in [-0.2, -0.15) is 0 Å². The maximum Gasteiger partial charge on any atom is 0.242 e. The van der Waals surface area contributed by atoms with E-state index in [-0.39, 0.29) is 22.4 Å². The van der Waals surface area contributed by atoms with Crippen molar-refractivity contribution in [3.8, 4) is 0 Å². The van der Waals surface area contributed by atoms with Crippen molar-refractivity contribution in [3.05, 3.63) is 23.8 Å². The summed E-state index contributed by atoms with van der Waals surface area (Å²) < 4.78 is 37.8. The smallest absolute Gasteiger partial charge is 0.242 e. The molecule has 2 unspecified atom stereocenters. The van der Waals surface area contributed by atoms with Crippen LogP contribution in [0.25, 0.3) is 0 Å². The highest BCUT2D eigenvalue weighted by Crippen LogP contribution is 2.19. The summed E-state index contributed by atoms with van der Waals surface area (Å²) in [6.45, 7) is 3.92. The predicted molar refractivity (Wildman–Crippen MR) is 78.9 cm³/mol. The van der Waals surface area contributed by atoms with Crippen molar-refractivity contribution in [3.63, 3.8) is 0 Å². The molecule has 3 N–H and O–H groups in total. The van der Waals surface area contributed by atoms with E-state index in [1.165, 1.54) is 6.07 Å². The molecule has 5 nitrogen and oxygen atoms in total. The lowest BCUT2D eigenvalue weighted by Crippen LogP contribution is -2.28. The van der Waals surface area contributed by atoms with E-state index >= 15 is 0 Å². The summed E-state index contributed by atoms with van der Waals surface area (Å²) in [5.41, 5.74) is 6.86. The van der Waals surface area contributed by atoms with Crippen LogP contribution in [0.2, 0.25) is 0 Å². The molecular weight excluding hydrogens is 284 g/mol. The molecule has 1 aromatic rings. The Hall–Kier alpha value is -0.920. The van der Waals surface area contributed by atoms with Gasteiger partial charge in [0.2, 0.25) is 10.0 Å². The van der Waals surface area contributed by atoms with Crippen LogP contribution in [0.15, 0.2) is 23.1 Å². The molecular formula is C12H20N2O3S2. The van der Waals surface area contributed by atoms with E-state index < -0.39 is 20.8 Å². The fourth-order valence-electron chi connectivity index (χ4n) is 1.55. The Morgan fingerprint density at radius 1 is 1.42 bits per heavy atom. The lowest BCUT2D eigenvalue weighted by Gasteiger charge is -2.11. The van der Waals surface area contributed by atoms with Crippen molar-refractivity contribution in [2.45, 2.75) is 30.4 Å². The van der Waals surface area contributed by atoms with Gasteiger partial charge in [0.1, 0.15) is 4.90 Å². The molecule has 0 radical (unpaired) electrons. The first kappa shape index (κ1) is 16.1. The molecule has 0 aliphatic heterocycles. The van der Waals surface area contributed by atoms with Gasteiger partial charge in [0.25, 0.3) is 0 Å². The van der Waals surface area contributed by atoms with E-state index in [0.29, 0.717) is 6.42 Å². The molecule has 0 fully saturated rings. The summed E-state index contributed by atoms with van der Waals surface area (Å²) >= 11 is 0. The second kappa shape index (κ2) is 6.49. The molecule has 0 amide bonds. The van der Waals surface area contributed by atoms with E-state index in [4.69, 9.17) is 5.73 Å². The molecule has 108 valence electrons. The molecule has 0 saturated heterocycles. The van der Waals surface area contributed by atoms with Crippen LogP contribution in [-0.2, 0) is 20.8 Å². The first-order valence-corrected chi connectivity index (χ1v) is 9.02. The Bertz CT molecular complexity index is 570. The summed E-state index contributed by atoms with van der Waals surface area (Å²) in [5, 5.41) is -0.0435. The topological polar surface area (TPSA) is 89.3 Å². The Labute approximate surface area is 117 Å². The first-order valence-electron chi connectivity index (χ1n) is 5.92. The number of nitrogen functional groups attached to an aromatic ring is 1. The normalized spacial score (nSPS) is 15.1. The van der Waals surface area contributed by atoms with E-state index in [1.54, 1.807) is 18.4 Å². The largest absolute Gasteiger partial charge is 0.398 e. The fraction of sp³-hybridized carbons (Fsp3) is 0.500. The minimum absolute atomic E-state index is 0.0435.